The highest BCUT2D eigenvalue weighted by Gasteiger charge is 2.13. The van der Waals surface area contributed by atoms with E-state index in [1.165, 1.54) is 6.92 Å². The Morgan fingerprint density at radius 3 is 2.54 bits per heavy atom. The van der Waals surface area contributed by atoms with Gasteiger partial charge in [0.1, 0.15) is 5.56 Å². The Hall–Kier alpha value is -3.00. The number of aromatic hydroxyl groups is 1. The summed E-state index contributed by atoms with van der Waals surface area (Å²) in [6, 6.07) is 9.30. The molecule has 1 aromatic carbocycles. The van der Waals surface area contributed by atoms with Crippen LogP contribution in [0.3, 0.4) is 0 Å². The van der Waals surface area contributed by atoms with Gasteiger partial charge in [0.15, 0.2) is 5.06 Å². The molecule has 8 heteroatoms. The van der Waals surface area contributed by atoms with E-state index >= 15 is 0 Å². The summed E-state index contributed by atoms with van der Waals surface area (Å²) in [6.07, 6.45) is 1.69. The monoisotopic (exact) mass is 345 g/mol. The summed E-state index contributed by atoms with van der Waals surface area (Å²) in [7, 11) is 0. The van der Waals surface area contributed by atoms with Crippen molar-refractivity contribution in [2.75, 3.05) is 0 Å². The molecule has 0 atom stereocenters. The van der Waals surface area contributed by atoms with Crippen LogP contribution in [0.25, 0.3) is 6.08 Å². The molecule has 0 saturated carbocycles. The second kappa shape index (κ2) is 7.51. The molecule has 0 radical (unpaired) electrons. The van der Waals surface area contributed by atoms with Crippen LogP contribution in [0.5, 0.6) is 5.06 Å². The van der Waals surface area contributed by atoms with Crippen molar-refractivity contribution in [1.82, 2.24) is 10.4 Å². The number of aromatic amines is 1. The number of hydrogen-bond donors (Lipinski definition) is 3. The summed E-state index contributed by atoms with van der Waals surface area (Å²) in [5, 5.41) is 13.1. The van der Waals surface area contributed by atoms with Crippen molar-refractivity contribution < 1.29 is 9.90 Å². The lowest BCUT2D eigenvalue weighted by atomic mass is 10.1. The van der Waals surface area contributed by atoms with Gasteiger partial charge in [0, 0.05) is 5.57 Å². The number of benzene rings is 1. The molecule has 1 heterocycles. The molecular weight excluding hydrogens is 330 g/mol. The zero-order chi connectivity index (χ0) is 17.7. The Morgan fingerprint density at radius 1 is 1.25 bits per heavy atom. The first-order valence-corrected chi connectivity index (χ1v) is 7.75. The maximum Gasteiger partial charge on any atom is 0.310 e. The van der Waals surface area contributed by atoms with Gasteiger partial charge in [-0.3, -0.25) is 19.4 Å². The average Bonchev–Trinajstić information content (AvgIpc) is 2.52. The number of nitrogens with zero attached hydrogens (tertiary/aromatic N) is 1. The summed E-state index contributed by atoms with van der Waals surface area (Å²) in [5.41, 5.74) is 2.79. The van der Waals surface area contributed by atoms with Crippen LogP contribution >= 0.6 is 11.3 Å². The predicted molar refractivity (Wildman–Crippen MR) is 93.3 cm³/mol. The van der Waals surface area contributed by atoms with Crippen molar-refractivity contribution >= 4 is 29.0 Å². The molecule has 1 aromatic heterocycles. The van der Waals surface area contributed by atoms with E-state index in [9.17, 15) is 19.5 Å². The van der Waals surface area contributed by atoms with Crippen molar-refractivity contribution in [3.05, 3.63) is 67.1 Å². The van der Waals surface area contributed by atoms with Crippen LogP contribution < -0.4 is 15.9 Å². The fourth-order valence-electron chi connectivity index (χ4n) is 1.88. The molecule has 0 bridgehead atoms. The lowest BCUT2D eigenvalue weighted by molar-refractivity contribution is -0.117. The fourth-order valence-corrected chi connectivity index (χ4v) is 2.54. The van der Waals surface area contributed by atoms with Crippen molar-refractivity contribution in [1.29, 1.82) is 0 Å². The van der Waals surface area contributed by atoms with Crippen LogP contribution in [0, 0.1) is 0 Å². The predicted octanol–water partition coefficient (Wildman–Crippen LogP) is 1.45. The summed E-state index contributed by atoms with van der Waals surface area (Å²) in [6.45, 7) is 3.07. The van der Waals surface area contributed by atoms with E-state index in [4.69, 9.17) is 0 Å². The highest BCUT2D eigenvalue weighted by Crippen LogP contribution is 2.15. The van der Waals surface area contributed by atoms with Gasteiger partial charge >= 0.3 is 4.87 Å². The van der Waals surface area contributed by atoms with Gasteiger partial charge in [0.05, 0.1) is 5.71 Å². The lowest BCUT2D eigenvalue weighted by Crippen LogP contribution is -2.25. The summed E-state index contributed by atoms with van der Waals surface area (Å²) in [5.74, 6) is -0.446. The number of aromatic nitrogens is 1. The van der Waals surface area contributed by atoms with Crippen molar-refractivity contribution in [3.63, 3.8) is 0 Å². The molecule has 3 N–H and O–H groups in total. The van der Waals surface area contributed by atoms with Crippen LogP contribution in [0.1, 0.15) is 25.0 Å². The molecule has 0 unspecified atom stereocenters. The quantitative estimate of drug-likeness (QED) is 0.442. The molecule has 2 rings (SSSR count). The number of hydrazone groups is 1. The van der Waals surface area contributed by atoms with Crippen LogP contribution in [-0.2, 0) is 4.79 Å². The van der Waals surface area contributed by atoms with Gasteiger partial charge in [-0.05, 0) is 36.8 Å². The van der Waals surface area contributed by atoms with Crippen molar-refractivity contribution in [2.24, 2.45) is 5.10 Å². The van der Waals surface area contributed by atoms with Gasteiger partial charge in [-0.1, -0.05) is 30.3 Å². The first-order chi connectivity index (χ1) is 11.4. The third kappa shape index (κ3) is 4.26. The number of amides is 1. The molecule has 0 spiro atoms. The zero-order valence-corrected chi connectivity index (χ0v) is 13.8. The van der Waals surface area contributed by atoms with Gasteiger partial charge in [-0.2, -0.15) is 5.10 Å². The molecule has 0 fully saturated rings. The zero-order valence-electron chi connectivity index (χ0n) is 13.0. The molecule has 0 aliphatic rings. The molecule has 7 nitrogen and oxygen atoms in total. The maximum atomic E-state index is 12.0. The standard InChI is InChI=1S/C16H15N3O4S/c1-9(8-11-6-4-3-5-7-11)13(20)19-18-10(2)12-14(21)17-16(23)24-15(12)22/h3-8,22H,1-2H3,(H,19,20)(H,17,21,23). The minimum absolute atomic E-state index is 0.0888. The molecule has 124 valence electrons. The topological polar surface area (TPSA) is 112 Å². The van der Waals surface area contributed by atoms with Crippen molar-refractivity contribution in [3.8, 4) is 5.06 Å². The summed E-state index contributed by atoms with van der Waals surface area (Å²) in [4.78, 5) is 36.2. The molecule has 1 amide bonds. The number of hydrogen-bond acceptors (Lipinski definition) is 6. The van der Waals surface area contributed by atoms with Gasteiger partial charge < -0.3 is 5.11 Å². The second-order valence-electron chi connectivity index (χ2n) is 4.90. The van der Waals surface area contributed by atoms with E-state index in [0.717, 1.165) is 5.56 Å². The van der Waals surface area contributed by atoms with E-state index < -0.39 is 21.4 Å². The molecule has 2 aromatic rings. The van der Waals surface area contributed by atoms with Crippen LogP contribution in [0.15, 0.2) is 50.6 Å². The Labute approximate surface area is 141 Å². The number of carbonyl (C=O) groups excluding carboxylic acids is 1. The van der Waals surface area contributed by atoms with E-state index in [1.807, 2.05) is 35.3 Å². The van der Waals surface area contributed by atoms with E-state index in [1.54, 1.807) is 13.0 Å². The number of rotatable bonds is 4. The Morgan fingerprint density at radius 2 is 1.92 bits per heavy atom. The van der Waals surface area contributed by atoms with Gasteiger partial charge in [-0.25, -0.2) is 5.43 Å². The van der Waals surface area contributed by atoms with Gasteiger partial charge in [0.25, 0.3) is 11.5 Å². The van der Waals surface area contributed by atoms with Crippen LogP contribution in [0.2, 0.25) is 0 Å². The van der Waals surface area contributed by atoms with Gasteiger partial charge in [-0.15, -0.1) is 0 Å². The first-order valence-electron chi connectivity index (χ1n) is 6.93. The van der Waals surface area contributed by atoms with Crippen molar-refractivity contribution in [2.45, 2.75) is 13.8 Å². The third-order valence-electron chi connectivity index (χ3n) is 3.07. The number of H-pyrrole nitrogens is 1. The Balaban J connectivity index is 2.18. The fraction of sp³-hybridized carbons (Fsp3) is 0.125. The SMILES string of the molecule is CC(=Cc1ccccc1)C(=O)NN=C(C)c1c(O)sc(=O)[nH]c1=O. The van der Waals surface area contributed by atoms with E-state index in [-0.39, 0.29) is 11.3 Å². The molecule has 0 aliphatic heterocycles. The van der Waals surface area contributed by atoms with E-state index in [0.29, 0.717) is 16.9 Å². The van der Waals surface area contributed by atoms with E-state index in [2.05, 4.69) is 10.5 Å². The van der Waals surface area contributed by atoms with Crippen LogP contribution in [-0.4, -0.2) is 21.7 Å². The highest BCUT2D eigenvalue weighted by atomic mass is 32.1. The largest absolute Gasteiger partial charge is 0.499 e. The summed E-state index contributed by atoms with van der Waals surface area (Å²) < 4.78 is 0. The van der Waals surface area contributed by atoms with Gasteiger partial charge in [0.2, 0.25) is 0 Å². The smallest absolute Gasteiger partial charge is 0.310 e. The number of carbonyl (C=O) groups is 1. The molecule has 0 saturated heterocycles. The maximum absolute atomic E-state index is 12.0. The average molecular weight is 345 g/mol. The summed E-state index contributed by atoms with van der Waals surface area (Å²) >= 11 is 0.483. The minimum atomic E-state index is -0.761. The highest BCUT2D eigenvalue weighted by molar-refractivity contribution is 7.11. The number of nitrogens with one attached hydrogen (secondary N) is 2. The molecule has 24 heavy (non-hydrogen) atoms. The Kier molecular flexibility index (Phi) is 5.43. The normalized spacial score (nSPS) is 12.1. The second-order valence-corrected chi connectivity index (χ2v) is 5.86. The molecular formula is C16H15N3O4S. The van der Waals surface area contributed by atoms with Crippen LogP contribution in [0.4, 0.5) is 0 Å². The lowest BCUT2D eigenvalue weighted by Gasteiger charge is -2.04. The molecule has 0 aliphatic carbocycles. The Bertz CT molecular complexity index is 926. The first kappa shape index (κ1) is 17.4. The minimum Gasteiger partial charge on any atom is -0.499 e. The third-order valence-corrected chi connectivity index (χ3v) is 3.76.